The van der Waals surface area contributed by atoms with E-state index in [1.807, 2.05) is 26.0 Å². The third kappa shape index (κ3) is 7.60. The Balaban J connectivity index is 1.82. The van der Waals surface area contributed by atoms with Crippen LogP contribution in [0.25, 0.3) is 11.1 Å². The topological polar surface area (TPSA) is 75.6 Å². The number of carbonyl (C=O) groups is 2. The Morgan fingerprint density at radius 2 is 1.50 bits per heavy atom. The Morgan fingerprint density at radius 3 is 2.00 bits per heavy atom. The predicted octanol–water partition coefficient (Wildman–Crippen LogP) is 7.36. The van der Waals surface area contributed by atoms with Crippen LogP contribution in [-0.2, 0) is 11.0 Å². The second-order valence-corrected chi connectivity index (χ2v) is 9.76. The molecule has 0 heterocycles. The van der Waals surface area contributed by atoms with E-state index in [0.29, 0.717) is 22.8 Å². The first-order chi connectivity index (χ1) is 17.8. The van der Waals surface area contributed by atoms with Gasteiger partial charge in [0.1, 0.15) is 11.9 Å². The summed E-state index contributed by atoms with van der Waals surface area (Å²) < 4.78 is 45.3. The summed E-state index contributed by atoms with van der Waals surface area (Å²) in [5, 5.41) is 11.3. The highest BCUT2D eigenvalue weighted by Gasteiger charge is 2.30. The molecule has 202 valence electrons. The van der Waals surface area contributed by atoms with E-state index >= 15 is 0 Å². The van der Waals surface area contributed by atoms with Crippen molar-refractivity contribution in [2.75, 3.05) is 6.54 Å². The van der Waals surface area contributed by atoms with Gasteiger partial charge < -0.3 is 15.2 Å². The average molecular weight is 528 g/mol. The number of amides is 1. The lowest BCUT2D eigenvalue weighted by molar-refractivity contribution is -0.138. The third-order valence-corrected chi connectivity index (χ3v) is 6.17. The molecule has 8 heteroatoms. The summed E-state index contributed by atoms with van der Waals surface area (Å²) in [6, 6.07) is 15.8. The molecule has 0 spiro atoms. The van der Waals surface area contributed by atoms with Crippen molar-refractivity contribution in [2.45, 2.75) is 52.8 Å². The number of aliphatic carboxylic acids is 1. The maximum Gasteiger partial charge on any atom is 0.416 e. The van der Waals surface area contributed by atoms with Crippen molar-refractivity contribution >= 4 is 11.9 Å². The summed E-state index contributed by atoms with van der Waals surface area (Å²) in [4.78, 5) is 22.9. The fourth-order valence-electron chi connectivity index (χ4n) is 4.39. The number of alkyl halides is 3. The molecule has 0 radical (unpaired) electrons. The van der Waals surface area contributed by atoms with Crippen LogP contribution in [0.15, 0.2) is 60.7 Å². The quantitative estimate of drug-likeness (QED) is 0.289. The van der Waals surface area contributed by atoms with Gasteiger partial charge in [0.05, 0.1) is 12.0 Å². The minimum absolute atomic E-state index is 0.0455. The van der Waals surface area contributed by atoms with E-state index in [9.17, 15) is 22.8 Å². The molecule has 0 fully saturated rings. The van der Waals surface area contributed by atoms with E-state index in [1.165, 1.54) is 12.1 Å². The zero-order valence-electron chi connectivity index (χ0n) is 21.9. The first kappa shape index (κ1) is 28.8. The molecular weight excluding hydrogens is 495 g/mol. The maximum atomic E-state index is 13.0. The van der Waals surface area contributed by atoms with Crippen molar-refractivity contribution in [1.82, 2.24) is 5.32 Å². The van der Waals surface area contributed by atoms with E-state index in [0.717, 1.165) is 40.8 Å². The van der Waals surface area contributed by atoms with Crippen LogP contribution in [0.5, 0.6) is 5.75 Å². The van der Waals surface area contributed by atoms with E-state index in [2.05, 4.69) is 19.2 Å². The van der Waals surface area contributed by atoms with Crippen LogP contribution in [0.2, 0.25) is 0 Å². The maximum absolute atomic E-state index is 13.0. The number of carboxylic acid groups (broad SMARTS) is 1. The van der Waals surface area contributed by atoms with Gasteiger partial charge in [0.2, 0.25) is 0 Å². The summed E-state index contributed by atoms with van der Waals surface area (Å²) in [5.41, 5.74) is 4.22. The highest BCUT2D eigenvalue weighted by Crippen LogP contribution is 2.36. The monoisotopic (exact) mass is 527 g/mol. The van der Waals surface area contributed by atoms with Gasteiger partial charge in [-0.15, -0.1) is 0 Å². The number of hydrogen-bond acceptors (Lipinski definition) is 3. The number of aryl methyl sites for hydroxylation is 2. The highest BCUT2D eigenvalue weighted by molar-refractivity contribution is 5.94. The Hall–Kier alpha value is -3.81. The minimum Gasteiger partial charge on any atom is -0.486 e. The first-order valence-electron chi connectivity index (χ1n) is 12.4. The number of carbonyl (C=O) groups excluding carboxylic acids is 1. The lowest BCUT2D eigenvalue weighted by Gasteiger charge is -2.25. The van der Waals surface area contributed by atoms with E-state index in [-0.39, 0.29) is 25.0 Å². The number of benzene rings is 3. The molecule has 1 atom stereocenters. The van der Waals surface area contributed by atoms with Crippen LogP contribution >= 0.6 is 0 Å². The zero-order chi connectivity index (χ0) is 28.0. The zero-order valence-corrected chi connectivity index (χ0v) is 21.9. The molecule has 0 aliphatic carbocycles. The molecule has 2 N–H and O–H groups in total. The summed E-state index contributed by atoms with van der Waals surface area (Å²) in [5.74, 6) is -0.429. The smallest absolute Gasteiger partial charge is 0.416 e. The normalized spacial score (nSPS) is 12.3. The second-order valence-electron chi connectivity index (χ2n) is 9.76. The molecule has 1 unspecified atom stereocenters. The van der Waals surface area contributed by atoms with Crippen molar-refractivity contribution in [1.29, 1.82) is 0 Å². The van der Waals surface area contributed by atoms with Gasteiger partial charge in [0.25, 0.3) is 5.91 Å². The summed E-state index contributed by atoms with van der Waals surface area (Å²) in [6.45, 7) is 8.18. The molecule has 38 heavy (non-hydrogen) atoms. The number of ether oxygens (including phenoxy) is 1. The molecule has 0 aromatic heterocycles. The molecular formula is C30H32F3NO4. The summed E-state index contributed by atoms with van der Waals surface area (Å²) in [6.07, 6.45) is -4.07. The predicted molar refractivity (Wildman–Crippen MR) is 140 cm³/mol. The van der Waals surface area contributed by atoms with Gasteiger partial charge in [0.15, 0.2) is 0 Å². The molecule has 0 aliphatic heterocycles. The van der Waals surface area contributed by atoms with Crippen molar-refractivity contribution in [2.24, 2.45) is 5.92 Å². The summed E-state index contributed by atoms with van der Waals surface area (Å²) in [7, 11) is 0. The SMILES string of the molecule is Cc1cc(-c2ccc(C(F)(F)F)cc2)cc(C)c1C(CC(C)C)Oc1ccc(C(=O)NCCC(=O)O)cc1. The minimum atomic E-state index is -4.38. The number of nitrogens with one attached hydrogen (secondary N) is 1. The highest BCUT2D eigenvalue weighted by atomic mass is 19.4. The van der Waals surface area contributed by atoms with Crippen molar-refractivity contribution in [3.8, 4) is 16.9 Å². The van der Waals surface area contributed by atoms with E-state index in [4.69, 9.17) is 9.84 Å². The Kier molecular flexibility index (Phi) is 9.20. The van der Waals surface area contributed by atoms with E-state index < -0.39 is 17.7 Å². The molecule has 3 aromatic rings. The van der Waals surface area contributed by atoms with Crippen LogP contribution in [0.3, 0.4) is 0 Å². The third-order valence-electron chi connectivity index (χ3n) is 6.17. The molecule has 0 bridgehead atoms. The molecule has 0 aliphatic rings. The lowest BCUT2D eigenvalue weighted by Crippen LogP contribution is -2.25. The van der Waals surface area contributed by atoms with Crippen LogP contribution in [0.4, 0.5) is 13.2 Å². The van der Waals surface area contributed by atoms with Crippen LogP contribution < -0.4 is 10.1 Å². The Labute approximate surface area is 220 Å². The van der Waals surface area contributed by atoms with Gasteiger partial charge >= 0.3 is 12.1 Å². The van der Waals surface area contributed by atoms with Gasteiger partial charge in [0, 0.05) is 12.1 Å². The first-order valence-corrected chi connectivity index (χ1v) is 12.4. The molecule has 1 amide bonds. The van der Waals surface area contributed by atoms with Crippen LogP contribution in [0, 0.1) is 19.8 Å². The Bertz CT molecular complexity index is 1240. The van der Waals surface area contributed by atoms with Gasteiger partial charge in [-0.1, -0.05) is 38.1 Å². The van der Waals surface area contributed by atoms with E-state index in [1.54, 1.807) is 24.3 Å². The number of carboxylic acids is 1. The van der Waals surface area contributed by atoms with Gasteiger partial charge in [-0.05, 0) is 90.4 Å². The number of hydrogen-bond donors (Lipinski definition) is 2. The molecule has 5 nitrogen and oxygen atoms in total. The standard InChI is InChI=1S/C30H32F3NO4/c1-18(2)15-26(38-25-11-7-22(8-12-25)29(37)34-14-13-27(35)36)28-19(3)16-23(17-20(28)4)21-5-9-24(10-6-21)30(31,32)33/h5-12,16-18,26H,13-15H2,1-4H3,(H,34,37)(H,35,36). The molecule has 0 saturated carbocycles. The lowest BCUT2D eigenvalue weighted by atomic mass is 9.89. The van der Waals surface area contributed by atoms with Crippen molar-refractivity contribution in [3.63, 3.8) is 0 Å². The number of rotatable bonds is 10. The fourth-order valence-corrected chi connectivity index (χ4v) is 4.39. The molecule has 3 aromatic carbocycles. The number of halogens is 3. The molecule has 3 rings (SSSR count). The van der Waals surface area contributed by atoms with Crippen molar-refractivity contribution < 1.29 is 32.6 Å². The van der Waals surface area contributed by atoms with Crippen LogP contribution in [-0.4, -0.2) is 23.5 Å². The Morgan fingerprint density at radius 1 is 0.921 bits per heavy atom. The van der Waals surface area contributed by atoms with Gasteiger partial charge in [-0.2, -0.15) is 13.2 Å². The fraction of sp³-hybridized carbons (Fsp3) is 0.333. The van der Waals surface area contributed by atoms with Gasteiger partial charge in [-0.25, -0.2) is 0 Å². The van der Waals surface area contributed by atoms with Gasteiger partial charge in [-0.3, -0.25) is 9.59 Å². The summed E-state index contributed by atoms with van der Waals surface area (Å²) >= 11 is 0. The van der Waals surface area contributed by atoms with Crippen LogP contribution in [0.1, 0.15) is 65.4 Å². The second kappa shape index (κ2) is 12.2. The molecule has 0 saturated heterocycles. The van der Waals surface area contributed by atoms with Crippen molar-refractivity contribution in [3.05, 3.63) is 88.5 Å². The largest absolute Gasteiger partial charge is 0.486 e. The average Bonchev–Trinajstić information content (AvgIpc) is 2.83.